The number of ether oxygens (including phenoxy) is 3. The molecule has 0 aromatic heterocycles. The third-order valence-electron chi connectivity index (χ3n) is 5.47. The Morgan fingerprint density at radius 1 is 1.08 bits per heavy atom. The summed E-state index contributed by atoms with van der Waals surface area (Å²) in [5.74, 6) is 0.122. The van der Waals surface area contributed by atoms with Gasteiger partial charge in [0.15, 0.2) is 11.5 Å². The molecular formula is C18H23NO6. The van der Waals surface area contributed by atoms with Crippen LogP contribution in [0.4, 0.5) is 0 Å². The van der Waals surface area contributed by atoms with Crippen LogP contribution in [0.5, 0.6) is 17.2 Å². The van der Waals surface area contributed by atoms with Crippen LogP contribution in [0.25, 0.3) is 0 Å². The molecular weight excluding hydrogens is 326 g/mol. The summed E-state index contributed by atoms with van der Waals surface area (Å²) in [5.41, 5.74) is 0.311. The highest BCUT2D eigenvalue weighted by atomic mass is 16.5. The molecule has 1 aromatic rings. The lowest BCUT2D eigenvalue weighted by Gasteiger charge is -2.33. The minimum atomic E-state index is -0.721. The number of hydrogen-bond acceptors (Lipinski definition) is 5. The molecule has 1 unspecified atom stereocenters. The summed E-state index contributed by atoms with van der Waals surface area (Å²) in [7, 11) is 4.51. The van der Waals surface area contributed by atoms with E-state index in [4.69, 9.17) is 14.2 Å². The molecule has 1 aliphatic carbocycles. The number of methoxy groups -OCH3 is 3. The van der Waals surface area contributed by atoms with Gasteiger partial charge in [0.1, 0.15) is 0 Å². The standard InChI is InChI=1S/C18H23NO6/c1-23-13-5-4-11(14(24-2)15(13)25-3)16(20)19-8-6-18(7-9-19)10-12(18)17(21)22/h4-5,12H,6-10H2,1-3H3,(H,21,22). The molecule has 1 spiro atoms. The largest absolute Gasteiger partial charge is 0.493 e. The van der Waals surface area contributed by atoms with Crippen molar-refractivity contribution >= 4 is 11.9 Å². The van der Waals surface area contributed by atoms with Gasteiger partial charge in [-0.15, -0.1) is 0 Å². The Bertz CT molecular complexity index is 693. The van der Waals surface area contributed by atoms with E-state index >= 15 is 0 Å². The number of benzene rings is 1. The number of amides is 1. The van der Waals surface area contributed by atoms with Gasteiger partial charge >= 0.3 is 5.97 Å². The van der Waals surface area contributed by atoms with Crippen LogP contribution in [0.2, 0.25) is 0 Å². The van der Waals surface area contributed by atoms with Crippen LogP contribution in [0, 0.1) is 11.3 Å². The summed E-state index contributed by atoms with van der Waals surface area (Å²) in [6, 6.07) is 3.35. The first-order chi connectivity index (χ1) is 12.0. The summed E-state index contributed by atoms with van der Waals surface area (Å²) < 4.78 is 16.0. The van der Waals surface area contributed by atoms with Crippen LogP contribution in [-0.2, 0) is 4.79 Å². The zero-order valence-electron chi connectivity index (χ0n) is 14.7. The number of rotatable bonds is 5. The highest BCUT2D eigenvalue weighted by molar-refractivity contribution is 5.98. The Morgan fingerprint density at radius 2 is 1.72 bits per heavy atom. The maximum atomic E-state index is 12.9. The molecule has 1 heterocycles. The Labute approximate surface area is 146 Å². The van der Waals surface area contributed by atoms with Crippen LogP contribution < -0.4 is 14.2 Å². The zero-order valence-corrected chi connectivity index (χ0v) is 14.7. The number of hydrogen-bond donors (Lipinski definition) is 1. The minimum absolute atomic E-state index is 0.107. The second-order valence-electron chi connectivity index (χ2n) is 6.63. The zero-order chi connectivity index (χ0) is 18.2. The molecule has 7 nitrogen and oxygen atoms in total. The molecule has 1 amide bonds. The van der Waals surface area contributed by atoms with E-state index in [1.165, 1.54) is 21.3 Å². The molecule has 0 radical (unpaired) electrons. The first kappa shape index (κ1) is 17.4. The van der Waals surface area contributed by atoms with Crippen molar-refractivity contribution in [2.75, 3.05) is 34.4 Å². The number of nitrogens with zero attached hydrogens (tertiary/aromatic N) is 1. The van der Waals surface area contributed by atoms with Crippen molar-refractivity contribution in [1.29, 1.82) is 0 Å². The predicted molar refractivity (Wildman–Crippen MR) is 89.4 cm³/mol. The van der Waals surface area contributed by atoms with Crippen LogP contribution in [0.3, 0.4) is 0 Å². The van der Waals surface area contributed by atoms with Gasteiger partial charge in [0.2, 0.25) is 5.75 Å². The summed E-state index contributed by atoms with van der Waals surface area (Å²) in [6.07, 6.45) is 2.18. The van der Waals surface area contributed by atoms with E-state index in [0.29, 0.717) is 35.9 Å². The molecule has 1 N–H and O–H groups in total. The molecule has 3 rings (SSSR count). The molecule has 2 aliphatic rings. The number of aliphatic carboxylic acids is 1. The molecule has 0 bridgehead atoms. The monoisotopic (exact) mass is 349 g/mol. The number of carbonyl (C=O) groups is 2. The highest BCUT2D eigenvalue weighted by Gasteiger charge is 2.59. The van der Waals surface area contributed by atoms with Crippen molar-refractivity contribution in [3.05, 3.63) is 17.7 Å². The van der Waals surface area contributed by atoms with Crippen molar-refractivity contribution in [2.24, 2.45) is 11.3 Å². The number of carbonyl (C=O) groups excluding carboxylic acids is 1. The molecule has 1 saturated carbocycles. The van der Waals surface area contributed by atoms with Crippen molar-refractivity contribution < 1.29 is 28.9 Å². The molecule has 1 saturated heterocycles. The van der Waals surface area contributed by atoms with Crippen LogP contribution in [0.1, 0.15) is 29.6 Å². The Balaban J connectivity index is 1.77. The molecule has 1 atom stereocenters. The van der Waals surface area contributed by atoms with E-state index in [2.05, 4.69) is 0 Å². The van der Waals surface area contributed by atoms with Gasteiger partial charge in [-0.05, 0) is 36.8 Å². The summed E-state index contributed by atoms with van der Waals surface area (Å²) in [6.45, 7) is 1.11. The average molecular weight is 349 g/mol. The second kappa shape index (κ2) is 6.46. The fraction of sp³-hybridized carbons (Fsp3) is 0.556. The van der Waals surface area contributed by atoms with Gasteiger partial charge in [0, 0.05) is 13.1 Å². The number of carboxylic acid groups (broad SMARTS) is 1. The van der Waals surface area contributed by atoms with Crippen molar-refractivity contribution in [3.8, 4) is 17.2 Å². The van der Waals surface area contributed by atoms with Crippen molar-refractivity contribution in [2.45, 2.75) is 19.3 Å². The molecule has 1 aromatic carbocycles. The van der Waals surface area contributed by atoms with E-state index in [-0.39, 0.29) is 17.2 Å². The van der Waals surface area contributed by atoms with Crippen molar-refractivity contribution in [3.63, 3.8) is 0 Å². The lowest BCUT2D eigenvalue weighted by Crippen LogP contribution is -2.40. The quantitative estimate of drug-likeness (QED) is 0.876. The molecule has 25 heavy (non-hydrogen) atoms. The third kappa shape index (κ3) is 2.88. The number of carboxylic acids is 1. The SMILES string of the molecule is COc1ccc(C(=O)N2CCC3(CC2)CC3C(=O)O)c(OC)c1OC. The predicted octanol–water partition coefficient (Wildman–Crippen LogP) is 2.04. The van der Waals surface area contributed by atoms with E-state index in [1.807, 2.05) is 0 Å². The highest BCUT2D eigenvalue weighted by Crippen LogP contribution is 2.59. The second-order valence-corrected chi connectivity index (χ2v) is 6.63. The first-order valence-corrected chi connectivity index (χ1v) is 8.28. The van der Waals surface area contributed by atoms with Crippen LogP contribution in [-0.4, -0.2) is 56.3 Å². The summed E-state index contributed by atoms with van der Waals surface area (Å²) >= 11 is 0. The normalized spacial score (nSPS) is 20.9. The lowest BCUT2D eigenvalue weighted by molar-refractivity contribution is -0.139. The minimum Gasteiger partial charge on any atom is -0.493 e. The van der Waals surface area contributed by atoms with Crippen LogP contribution in [0.15, 0.2) is 12.1 Å². The maximum absolute atomic E-state index is 12.9. The first-order valence-electron chi connectivity index (χ1n) is 8.28. The number of piperidine rings is 1. The topological polar surface area (TPSA) is 85.3 Å². The smallest absolute Gasteiger partial charge is 0.307 e. The van der Waals surface area contributed by atoms with Gasteiger partial charge in [-0.25, -0.2) is 0 Å². The number of likely N-dealkylation sites (tertiary alicyclic amines) is 1. The Morgan fingerprint density at radius 3 is 2.20 bits per heavy atom. The lowest BCUT2D eigenvalue weighted by atomic mass is 9.90. The van der Waals surface area contributed by atoms with Crippen LogP contribution >= 0.6 is 0 Å². The average Bonchev–Trinajstić information content (AvgIpc) is 3.34. The van der Waals surface area contributed by atoms with E-state index < -0.39 is 5.97 Å². The maximum Gasteiger partial charge on any atom is 0.307 e. The van der Waals surface area contributed by atoms with Gasteiger partial charge in [-0.2, -0.15) is 0 Å². The fourth-order valence-corrected chi connectivity index (χ4v) is 3.84. The fourth-order valence-electron chi connectivity index (χ4n) is 3.84. The van der Waals surface area contributed by atoms with Gasteiger partial charge in [-0.1, -0.05) is 0 Å². The van der Waals surface area contributed by atoms with Gasteiger partial charge in [0.05, 0.1) is 32.8 Å². The molecule has 7 heteroatoms. The Kier molecular flexibility index (Phi) is 4.49. The van der Waals surface area contributed by atoms with E-state index in [1.54, 1.807) is 17.0 Å². The van der Waals surface area contributed by atoms with E-state index in [9.17, 15) is 14.7 Å². The van der Waals surface area contributed by atoms with Crippen molar-refractivity contribution in [1.82, 2.24) is 4.90 Å². The summed E-state index contributed by atoms with van der Waals surface area (Å²) in [5, 5.41) is 9.18. The van der Waals surface area contributed by atoms with Gasteiger partial charge in [0.25, 0.3) is 5.91 Å². The third-order valence-corrected chi connectivity index (χ3v) is 5.47. The Hall–Kier alpha value is -2.44. The van der Waals surface area contributed by atoms with Gasteiger partial charge in [-0.3, -0.25) is 9.59 Å². The summed E-state index contributed by atoms with van der Waals surface area (Å²) in [4.78, 5) is 25.8. The molecule has 1 aliphatic heterocycles. The van der Waals surface area contributed by atoms with E-state index in [0.717, 1.165) is 19.3 Å². The molecule has 136 valence electrons. The molecule has 2 fully saturated rings. The van der Waals surface area contributed by atoms with Gasteiger partial charge < -0.3 is 24.2 Å².